The van der Waals surface area contributed by atoms with Gasteiger partial charge in [0.1, 0.15) is 5.75 Å². The van der Waals surface area contributed by atoms with E-state index in [1.807, 2.05) is 6.07 Å². The fourth-order valence-electron chi connectivity index (χ4n) is 4.09. The molecule has 1 fully saturated rings. The zero-order chi connectivity index (χ0) is 19.2. The number of methoxy groups -OCH3 is 1. The molecule has 0 unspecified atom stereocenters. The smallest absolute Gasteiger partial charge is 0.119 e. The highest BCUT2D eigenvalue weighted by atomic mass is 16.5. The third-order valence-corrected chi connectivity index (χ3v) is 5.38. The summed E-state index contributed by atoms with van der Waals surface area (Å²) < 4.78 is 11.5. The van der Waals surface area contributed by atoms with Crippen LogP contribution in [0.15, 0.2) is 84.9 Å². The molecular formula is C25H27NO2. The van der Waals surface area contributed by atoms with Gasteiger partial charge in [-0.25, -0.2) is 0 Å². The Morgan fingerprint density at radius 2 is 1.39 bits per heavy atom. The maximum atomic E-state index is 6.07. The van der Waals surface area contributed by atoms with E-state index in [1.54, 1.807) is 7.11 Å². The van der Waals surface area contributed by atoms with Gasteiger partial charge in [0, 0.05) is 5.69 Å². The standard InChI is InChI=1S/C25H27NO2/c1-27-25-14-8-11-21(17-25)16-24-19-28-18-23(15-20-9-4-2-5-10-20)26(24)22-12-6-3-7-13-22/h2-14,17,23-24H,15-16,18-19H2,1H3/t23-,24+/m0/s1. The fraction of sp³-hybridized carbons (Fsp3) is 0.280. The van der Waals surface area contributed by atoms with E-state index in [-0.39, 0.29) is 6.04 Å². The van der Waals surface area contributed by atoms with E-state index in [2.05, 4.69) is 83.8 Å². The Balaban J connectivity index is 1.61. The van der Waals surface area contributed by atoms with Gasteiger partial charge in [0.25, 0.3) is 0 Å². The van der Waals surface area contributed by atoms with Crippen LogP contribution in [0.2, 0.25) is 0 Å². The molecule has 0 aliphatic carbocycles. The van der Waals surface area contributed by atoms with Crippen molar-refractivity contribution in [2.45, 2.75) is 24.9 Å². The Kier molecular flexibility index (Phi) is 5.93. The van der Waals surface area contributed by atoms with E-state index in [4.69, 9.17) is 9.47 Å². The van der Waals surface area contributed by atoms with Crippen LogP contribution in [0.3, 0.4) is 0 Å². The number of hydrogen-bond donors (Lipinski definition) is 0. The topological polar surface area (TPSA) is 21.7 Å². The van der Waals surface area contributed by atoms with Gasteiger partial charge in [0.2, 0.25) is 0 Å². The number of hydrogen-bond acceptors (Lipinski definition) is 3. The molecule has 2 atom stereocenters. The maximum Gasteiger partial charge on any atom is 0.119 e. The van der Waals surface area contributed by atoms with E-state index in [9.17, 15) is 0 Å². The van der Waals surface area contributed by atoms with Crippen LogP contribution < -0.4 is 9.64 Å². The second-order valence-electron chi connectivity index (χ2n) is 7.33. The molecule has 28 heavy (non-hydrogen) atoms. The Bertz CT molecular complexity index is 866. The molecule has 3 aromatic carbocycles. The van der Waals surface area contributed by atoms with Crippen molar-refractivity contribution in [1.29, 1.82) is 0 Å². The minimum absolute atomic E-state index is 0.289. The van der Waals surface area contributed by atoms with Crippen molar-refractivity contribution in [2.75, 3.05) is 25.2 Å². The van der Waals surface area contributed by atoms with Crippen LogP contribution in [-0.4, -0.2) is 32.4 Å². The van der Waals surface area contributed by atoms with Crippen molar-refractivity contribution in [1.82, 2.24) is 0 Å². The van der Waals surface area contributed by atoms with Gasteiger partial charge in [-0.3, -0.25) is 0 Å². The molecule has 3 aromatic rings. The molecule has 1 aliphatic heterocycles. The van der Waals surface area contributed by atoms with Crippen LogP contribution in [-0.2, 0) is 17.6 Å². The summed E-state index contributed by atoms with van der Waals surface area (Å²) >= 11 is 0. The van der Waals surface area contributed by atoms with E-state index in [0.717, 1.165) is 31.8 Å². The van der Waals surface area contributed by atoms with Crippen LogP contribution in [0.25, 0.3) is 0 Å². The number of morpholine rings is 1. The maximum absolute atomic E-state index is 6.07. The Labute approximate surface area is 167 Å². The van der Waals surface area contributed by atoms with Gasteiger partial charge in [-0.2, -0.15) is 0 Å². The molecule has 1 saturated heterocycles. The molecular weight excluding hydrogens is 346 g/mol. The highest BCUT2D eigenvalue weighted by molar-refractivity contribution is 5.50. The summed E-state index contributed by atoms with van der Waals surface area (Å²) in [6, 6.07) is 30.4. The van der Waals surface area contributed by atoms with E-state index < -0.39 is 0 Å². The lowest BCUT2D eigenvalue weighted by atomic mass is 9.97. The molecule has 0 amide bonds. The van der Waals surface area contributed by atoms with Gasteiger partial charge in [-0.05, 0) is 48.2 Å². The third kappa shape index (κ3) is 4.37. The van der Waals surface area contributed by atoms with Crippen LogP contribution in [0, 0.1) is 0 Å². The molecule has 1 aliphatic rings. The highest BCUT2D eigenvalue weighted by Crippen LogP contribution is 2.28. The average Bonchev–Trinajstić information content (AvgIpc) is 2.75. The molecule has 144 valence electrons. The number of anilines is 1. The summed E-state index contributed by atoms with van der Waals surface area (Å²) in [5.74, 6) is 0.904. The first-order valence-corrected chi connectivity index (χ1v) is 9.91. The van der Waals surface area contributed by atoms with Gasteiger partial charge in [-0.15, -0.1) is 0 Å². The summed E-state index contributed by atoms with van der Waals surface area (Å²) in [7, 11) is 1.72. The zero-order valence-electron chi connectivity index (χ0n) is 16.3. The van der Waals surface area contributed by atoms with Crippen LogP contribution in [0.4, 0.5) is 5.69 Å². The third-order valence-electron chi connectivity index (χ3n) is 5.38. The number of benzene rings is 3. The zero-order valence-corrected chi connectivity index (χ0v) is 16.3. The van der Waals surface area contributed by atoms with Gasteiger partial charge in [0.15, 0.2) is 0 Å². The fourth-order valence-corrected chi connectivity index (χ4v) is 4.09. The minimum Gasteiger partial charge on any atom is -0.497 e. The number of rotatable bonds is 6. The van der Waals surface area contributed by atoms with Crippen molar-refractivity contribution in [2.24, 2.45) is 0 Å². The van der Waals surface area contributed by atoms with Crippen LogP contribution >= 0.6 is 0 Å². The molecule has 0 bridgehead atoms. The highest BCUT2D eigenvalue weighted by Gasteiger charge is 2.31. The Hall–Kier alpha value is -2.78. The second-order valence-corrected chi connectivity index (χ2v) is 7.33. The molecule has 1 heterocycles. The van der Waals surface area contributed by atoms with Crippen molar-refractivity contribution in [3.05, 3.63) is 96.1 Å². The van der Waals surface area contributed by atoms with Gasteiger partial charge < -0.3 is 14.4 Å². The lowest BCUT2D eigenvalue weighted by Gasteiger charge is -2.44. The van der Waals surface area contributed by atoms with Crippen molar-refractivity contribution in [3.63, 3.8) is 0 Å². The summed E-state index contributed by atoms with van der Waals surface area (Å²) in [6.45, 7) is 1.48. The Morgan fingerprint density at radius 3 is 2.07 bits per heavy atom. The van der Waals surface area contributed by atoms with Crippen molar-refractivity contribution < 1.29 is 9.47 Å². The quantitative estimate of drug-likeness (QED) is 0.622. The minimum atomic E-state index is 0.289. The first kappa shape index (κ1) is 18.6. The van der Waals surface area contributed by atoms with E-state index >= 15 is 0 Å². The van der Waals surface area contributed by atoms with Crippen LogP contribution in [0.1, 0.15) is 11.1 Å². The molecule has 0 saturated carbocycles. The normalized spacial score (nSPS) is 19.4. The second kappa shape index (κ2) is 8.94. The first-order valence-electron chi connectivity index (χ1n) is 9.91. The predicted molar refractivity (Wildman–Crippen MR) is 114 cm³/mol. The molecule has 0 aromatic heterocycles. The summed E-state index contributed by atoms with van der Waals surface area (Å²) in [5, 5.41) is 0. The molecule has 0 spiro atoms. The van der Waals surface area contributed by atoms with Gasteiger partial charge in [0.05, 0.1) is 32.4 Å². The molecule has 3 heteroatoms. The van der Waals surface area contributed by atoms with Crippen molar-refractivity contribution in [3.8, 4) is 5.75 Å². The lowest BCUT2D eigenvalue weighted by molar-refractivity contribution is 0.0664. The van der Waals surface area contributed by atoms with E-state index in [0.29, 0.717) is 6.04 Å². The lowest BCUT2D eigenvalue weighted by Crippen LogP contribution is -2.54. The number of ether oxygens (including phenoxy) is 2. The molecule has 3 nitrogen and oxygen atoms in total. The predicted octanol–water partition coefficient (Wildman–Crippen LogP) is 4.75. The SMILES string of the molecule is COc1cccc(C[C@@H]2COC[C@H](Cc3ccccc3)N2c2ccccc2)c1. The van der Waals surface area contributed by atoms with Gasteiger partial charge in [-0.1, -0.05) is 60.7 Å². The van der Waals surface area contributed by atoms with E-state index in [1.165, 1.54) is 16.8 Å². The molecule has 0 radical (unpaired) electrons. The van der Waals surface area contributed by atoms with Gasteiger partial charge >= 0.3 is 0 Å². The van der Waals surface area contributed by atoms with Crippen molar-refractivity contribution >= 4 is 5.69 Å². The largest absolute Gasteiger partial charge is 0.497 e. The number of para-hydroxylation sites is 1. The average molecular weight is 373 g/mol. The summed E-state index contributed by atoms with van der Waals surface area (Å²) in [6.07, 6.45) is 1.90. The van der Waals surface area contributed by atoms with Crippen LogP contribution in [0.5, 0.6) is 5.75 Å². The summed E-state index contributed by atoms with van der Waals surface area (Å²) in [5.41, 5.74) is 3.88. The first-order chi connectivity index (χ1) is 13.8. The Morgan fingerprint density at radius 1 is 0.786 bits per heavy atom. The molecule has 4 rings (SSSR count). The number of nitrogens with zero attached hydrogens (tertiary/aromatic N) is 1. The molecule has 0 N–H and O–H groups in total. The summed E-state index contributed by atoms with van der Waals surface area (Å²) in [4.78, 5) is 2.57. The monoisotopic (exact) mass is 373 g/mol.